The number of carbonyl (C=O) groups is 2. The van der Waals surface area contributed by atoms with Crippen molar-refractivity contribution in [3.05, 3.63) is 60.2 Å². The van der Waals surface area contributed by atoms with E-state index in [0.29, 0.717) is 0 Å². The van der Waals surface area contributed by atoms with Crippen molar-refractivity contribution in [1.82, 2.24) is 0 Å². The highest BCUT2D eigenvalue weighted by Crippen LogP contribution is 2.29. The Labute approximate surface area is 134 Å². The van der Waals surface area contributed by atoms with E-state index in [2.05, 4.69) is 6.07 Å². The molecule has 3 nitrogen and oxygen atoms in total. The summed E-state index contributed by atoms with van der Waals surface area (Å²) in [6, 6.07) is 18.2. The van der Waals surface area contributed by atoms with E-state index in [1.807, 2.05) is 48.5 Å². The third-order valence-electron chi connectivity index (χ3n) is 4.20. The van der Waals surface area contributed by atoms with E-state index in [-0.39, 0.29) is 12.4 Å². The van der Waals surface area contributed by atoms with Gasteiger partial charge in [0.15, 0.2) is 0 Å². The Balaban J connectivity index is 2.03. The fourth-order valence-electron chi connectivity index (χ4n) is 2.70. The molecule has 0 aliphatic heterocycles. The number of ether oxygens (including phenoxy) is 1. The number of carbonyl (C=O) groups excluding carboxylic acids is 2. The highest BCUT2D eigenvalue weighted by Gasteiger charge is 2.19. The number of rotatable bonds is 4. The Kier molecular flexibility index (Phi) is 4.11. The molecule has 0 aliphatic rings. The van der Waals surface area contributed by atoms with E-state index in [1.165, 1.54) is 6.92 Å². The van der Waals surface area contributed by atoms with Crippen molar-refractivity contribution in [2.75, 3.05) is 0 Å². The molecular weight excluding hydrogens is 288 g/mol. The molecule has 1 unspecified atom stereocenters. The molecule has 116 valence electrons. The van der Waals surface area contributed by atoms with Gasteiger partial charge in [-0.05, 0) is 41.5 Å². The standard InChI is InChI=1S/C20H18O3/c1-13(14(2)21)20(22)23-12-19-17-9-5-3-7-15(17)11-16-8-4-6-10-18(16)19/h3-11,13H,12H2,1-2H3. The topological polar surface area (TPSA) is 43.4 Å². The van der Waals surface area contributed by atoms with Gasteiger partial charge in [0.1, 0.15) is 18.3 Å². The fraction of sp³-hybridized carbons (Fsp3) is 0.200. The first-order valence-electron chi connectivity index (χ1n) is 7.64. The van der Waals surface area contributed by atoms with Gasteiger partial charge in [0.05, 0.1) is 0 Å². The van der Waals surface area contributed by atoms with Gasteiger partial charge < -0.3 is 4.74 Å². The van der Waals surface area contributed by atoms with Crippen molar-refractivity contribution in [2.45, 2.75) is 20.5 Å². The third-order valence-corrected chi connectivity index (χ3v) is 4.20. The van der Waals surface area contributed by atoms with Crippen LogP contribution in [0.5, 0.6) is 0 Å². The summed E-state index contributed by atoms with van der Waals surface area (Å²) in [5, 5.41) is 4.35. The minimum Gasteiger partial charge on any atom is -0.460 e. The van der Waals surface area contributed by atoms with Crippen molar-refractivity contribution in [3.8, 4) is 0 Å². The number of Topliss-reactive ketones (excluding diaryl/α,β-unsaturated/α-hetero) is 1. The molecule has 0 N–H and O–H groups in total. The second-order valence-electron chi connectivity index (χ2n) is 5.74. The van der Waals surface area contributed by atoms with Crippen molar-refractivity contribution in [3.63, 3.8) is 0 Å². The summed E-state index contributed by atoms with van der Waals surface area (Å²) in [5.74, 6) is -1.39. The predicted molar refractivity (Wildman–Crippen MR) is 91.1 cm³/mol. The molecule has 3 aromatic rings. The first-order valence-corrected chi connectivity index (χ1v) is 7.64. The molecule has 0 aromatic heterocycles. The summed E-state index contributed by atoms with van der Waals surface area (Å²) >= 11 is 0. The molecule has 3 aromatic carbocycles. The molecule has 0 heterocycles. The first kappa shape index (κ1) is 15.2. The molecule has 0 spiro atoms. The van der Waals surface area contributed by atoms with E-state index in [0.717, 1.165) is 27.1 Å². The van der Waals surface area contributed by atoms with Gasteiger partial charge in [-0.1, -0.05) is 48.5 Å². The van der Waals surface area contributed by atoms with Crippen LogP contribution in [0.1, 0.15) is 19.4 Å². The largest absolute Gasteiger partial charge is 0.460 e. The Morgan fingerprint density at radius 2 is 1.48 bits per heavy atom. The minimum atomic E-state index is -0.726. The molecular formula is C20H18O3. The fourth-order valence-corrected chi connectivity index (χ4v) is 2.70. The molecule has 0 saturated carbocycles. The zero-order valence-corrected chi connectivity index (χ0v) is 13.2. The molecule has 0 saturated heterocycles. The molecule has 0 fully saturated rings. The van der Waals surface area contributed by atoms with Crippen LogP contribution in [0.25, 0.3) is 21.5 Å². The molecule has 3 rings (SSSR count). The maximum atomic E-state index is 12.0. The molecule has 0 radical (unpaired) electrons. The smallest absolute Gasteiger partial charge is 0.316 e. The van der Waals surface area contributed by atoms with Gasteiger partial charge in [0.25, 0.3) is 0 Å². The lowest BCUT2D eigenvalue weighted by Crippen LogP contribution is -2.21. The van der Waals surface area contributed by atoms with Gasteiger partial charge in [0, 0.05) is 5.56 Å². The van der Waals surface area contributed by atoms with Gasteiger partial charge in [-0.2, -0.15) is 0 Å². The second kappa shape index (κ2) is 6.21. The zero-order valence-electron chi connectivity index (χ0n) is 13.2. The monoisotopic (exact) mass is 306 g/mol. The van der Waals surface area contributed by atoms with Crippen molar-refractivity contribution in [2.24, 2.45) is 5.92 Å². The van der Waals surface area contributed by atoms with Crippen LogP contribution in [0.15, 0.2) is 54.6 Å². The minimum absolute atomic E-state index is 0.165. The average molecular weight is 306 g/mol. The lowest BCUT2D eigenvalue weighted by atomic mass is 9.97. The Hall–Kier alpha value is -2.68. The van der Waals surface area contributed by atoms with E-state index in [4.69, 9.17) is 4.74 Å². The number of ketones is 1. The Morgan fingerprint density at radius 1 is 0.957 bits per heavy atom. The number of hydrogen-bond acceptors (Lipinski definition) is 3. The average Bonchev–Trinajstić information content (AvgIpc) is 2.57. The third kappa shape index (κ3) is 2.95. The van der Waals surface area contributed by atoms with Crippen LogP contribution in [-0.4, -0.2) is 11.8 Å². The van der Waals surface area contributed by atoms with Gasteiger partial charge >= 0.3 is 5.97 Å². The number of fused-ring (bicyclic) bond motifs is 2. The molecule has 23 heavy (non-hydrogen) atoms. The summed E-state index contributed by atoms with van der Waals surface area (Å²) in [4.78, 5) is 23.3. The Morgan fingerprint density at radius 3 is 2.00 bits per heavy atom. The molecule has 0 amide bonds. The summed E-state index contributed by atoms with van der Waals surface area (Å²) < 4.78 is 5.41. The van der Waals surface area contributed by atoms with Crippen LogP contribution in [0.4, 0.5) is 0 Å². The highest BCUT2D eigenvalue weighted by molar-refractivity contribution is 6.02. The van der Waals surface area contributed by atoms with Gasteiger partial charge in [-0.3, -0.25) is 9.59 Å². The van der Waals surface area contributed by atoms with Crippen LogP contribution in [-0.2, 0) is 20.9 Å². The highest BCUT2D eigenvalue weighted by atomic mass is 16.5. The number of esters is 1. The second-order valence-corrected chi connectivity index (χ2v) is 5.74. The number of hydrogen-bond donors (Lipinski definition) is 0. The van der Waals surface area contributed by atoms with Crippen LogP contribution in [0, 0.1) is 5.92 Å². The summed E-state index contributed by atoms with van der Waals surface area (Å²) in [6.07, 6.45) is 0. The maximum absolute atomic E-state index is 12.0. The van der Waals surface area contributed by atoms with Gasteiger partial charge in [-0.15, -0.1) is 0 Å². The van der Waals surface area contributed by atoms with E-state index >= 15 is 0 Å². The molecule has 0 aliphatic carbocycles. The number of benzene rings is 3. The lowest BCUT2D eigenvalue weighted by molar-refractivity contribution is -0.151. The zero-order chi connectivity index (χ0) is 16.4. The van der Waals surface area contributed by atoms with Crippen molar-refractivity contribution < 1.29 is 14.3 Å². The SMILES string of the molecule is CC(=O)C(C)C(=O)OCc1c2ccccc2cc2ccccc12. The van der Waals surface area contributed by atoms with Crippen LogP contribution in [0.3, 0.4) is 0 Å². The van der Waals surface area contributed by atoms with E-state index in [1.54, 1.807) is 6.92 Å². The normalized spacial score (nSPS) is 12.3. The van der Waals surface area contributed by atoms with Crippen molar-refractivity contribution in [1.29, 1.82) is 0 Å². The quantitative estimate of drug-likeness (QED) is 0.411. The van der Waals surface area contributed by atoms with Crippen molar-refractivity contribution >= 4 is 33.3 Å². The van der Waals surface area contributed by atoms with Crippen LogP contribution in [0.2, 0.25) is 0 Å². The van der Waals surface area contributed by atoms with E-state index < -0.39 is 11.9 Å². The van der Waals surface area contributed by atoms with Gasteiger partial charge in [-0.25, -0.2) is 0 Å². The van der Waals surface area contributed by atoms with E-state index in [9.17, 15) is 9.59 Å². The molecule has 0 bridgehead atoms. The summed E-state index contributed by atoms with van der Waals surface area (Å²) in [5.41, 5.74) is 0.975. The van der Waals surface area contributed by atoms with Crippen LogP contribution < -0.4 is 0 Å². The first-order chi connectivity index (χ1) is 11.1. The summed E-state index contributed by atoms with van der Waals surface area (Å²) in [6.45, 7) is 3.14. The van der Waals surface area contributed by atoms with Gasteiger partial charge in [0.2, 0.25) is 0 Å². The lowest BCUT2D eigenvalue weighted by Gasteiger charge is -2.13. The molecule has 1 atom stereocenters. The maximum Gasteiger partial charge on any atom is 0.316 e. The Bertz CT molecular complexity index is 842. The summed E-state index contributed by atoms with van der Waals surface area (Å²) in [7, 11) is 0. The molecule has 3 heteroatoms. The predicted octanol–water partition coefficient (Wildman–Crippen LogP) is 4.26. The van der Waals surface area contributed by atoms with Crippen LogP contribution >= 0.6 is 0 Å².